The predicted octanol–water partition coefficient (Wildman–Crippen LogP) is 1.18. The minimum atomic E-state index is -0.969. The molecule has 0 saturated carbocycles. The molecule has 0 radical (unpaired) electrons. The zero-order valence-corrected chi connectivity index (χ0v) is 11.9. The van der Waals surface area contributed by atoms with Crippen molar-refractivity contribution in [3.8, 4) is 0 Å². The normalized spacial score (nSPS) is 18.6. The number of fused-ring (bicyclic) bond motifs is 1. The summed E-state index contributed by atoms with van der Waals surface area (Å²) in [5.74, 6) is -1.30. The van der Waals surface area contributed by atoms with Gasteiger partial charge in [0, 0.05) is 18.9 Å². The van der Waals surface area contributed by atoms with Gasteiger partial charge in [-0.15, -0.1) is 0 Å². The highest BCUT2D eigenvalue weighted by Crippen LogP contribution is 2.22. The second kappa shape index (κ2) is 4.86. The van der Waals surface area contributed by atoms with Crippen molar-refractivity contribution in [2.24, 2.45) is 0 Å². The van der Waals surface area contributed by atoms with Crippen LogP contribution in [0.1, 0.15) is 23.2 Å². The van der Waals surface area contributed by atoms with E-state index in [0.717, 1.165) is 4.47 Å². The zero-order valence-electron chi connectivity index (χ0n) is 10.4. The molecule has 1 atom stereocenters. The summed E-state index contributed by atoms with van der Waals surface area (Å²) in [7, 11) is 0. The SMILES string of the molecule is O=C(O)C1CCCN1C(=O)c1cnn2cc(Br)cnc12. The van der Waals surface area contributed by atoms with Gasteiger partial charge in [0.15, 0.2) is 5.65 Å². The van der Waals surface area contributed by atoms with E-state index in [1.54, 1.807) is 12.4 Å². The molecule has 3 rings (SSSR count). The Labute approximate surface area is 122 Å². The van der Waals surface area contributed by atoms with Crippen LogP contribution in [-0.2, 0) is 4.79 Å². The first-order chi connectivity index (χ1) is 9.58. The highest BCUT2D eigenvalue weighted by molar-refractivity contribution is 9.10. The van der Waals surface area contributed by atoms with Crippen LogP contribution in [0.25, 0.3) is 5.65 Å². The van der Waals surface area contributed by atoms with Crippen LogP contribution in [0, 0.1) is 0 Å². The molecule has 1 aliphatic rings. The van der Waals surface area contributed by atoms with E-state index in [0.29, 0.717) is 30.6 Å². The molecule has 0 spiro atoms. The molecule has 3 heterocycles. The number of carboxylic acid groups (broad SMARTS) is 1. The van der Waals surface area contributed by atoms with Crippen molar-refractivity contribution < 1.29 is 14.7 Å². The van der Waals surface area contributed by atoms with Crippen LogP contribution in [0.4, 0.5) is 0 Å². The van der Waals surface area contributed by atoms with Gasteiger partial charge in [-0.3, -0.25) is 4.79 Å². The number of aliphatic carboxylic acids is 1. The molecule has 2 aromatic rings. The molecule has 1 amide bonds. The van der Waals surface area contributed by atoms with Gasteiger partial charge < -0.3 is 10.0 Å². The molecule has 1 aliphatic heterocycles. The summed E-state index contributed by atoms with van der Waals surface area (Å²) in [5.41, 5.74) is 0.750. The van der Waals surface area contributed by atoms with E-state index in [9.17, 15) is 9.59 Å². The van der Waals surface area contributed by atoms with Gasteiger partial charge in [-0.05, 0) is 28.8 Å². The predicted molar refractivity (Wildman–Crippen MR) is 72.4 cm³/mol. The van der Waals surface area contributed by atoms with Gasteiger partial charge in [-0.2, -0.15) is 5.10 Å². The molecule has 7 nitrogen and oxygen atoms in total. The molecule has 1 unspecified atom stereocenters. The molecular formula is C12H11BrN4O3. The lowest BCUT2D eigenvalue weighted by Gasteiger charge is -2.20. The molecule has 1 fully saturated rings. The Morgan fingerprint density at radius 1 is 1.40 bits per heavy atom. The summed E-state index contributed by atoms with van der Waals surface area (Å²) in [6.07, 6.45) is 5.87. The monoisotopic (exact) mass is 338 g/mol. The lowest BCUT2D eigenvalue weighted by molar-refractivity contribution is -0.141. The third kappa shape index (κ3) is 2.05. The molecule has 104 valence electrons. The summed E-state index contributed by atoms with van der Waals surface area (Å²) >= 11 is 3.28. The number of carboxylic acids is 1. The van der Waals surface area contributed by atoms with Crippen molar-refractivity contribution in [1.29, 1.82) is 0 Å². The molecular weight excluding hydrogens is 328 g/mol. The fourth-order valence-electron chi connectivity index (χ4n) is 2.42. The third-order valence-electron chi connectivity index (χ3n) is 3.35. The Morgan fingerprint density at radius 3 is 2.95 bits per heavy atom. The number of hydrogen-bond acceptors (Lipinski definition) is 4. The molecule has 0 bridgehead atoms. The third-order valence-corrected chi connectivity index (χ3v) is 3.76. The second-order valence-electron chi connectivity index (χ2n) is 4.59. The molecule has 0 aromatic carbocycles. The van der Waals surface area contributed by atoms with E-state index >= 15 is 0 Å². The zero-order chi connectivity index (χ0) is 14.3. The smallest absolute Gasteiger partial charge is 0.326 e. The van der Waals surface area contributed by atoms with Crippen LogP contribution in [0.2, 0.25) is 0 Å². The number of likely N-dealkylation sites (tertiary alicyclic amines) is 1. The van der Waals surface area contributed by atoms with Crippen LogP contribution in [0.15, 0.2) is 23.1 Å². The Hall–Kier alpha value is -1.96. The fraction of sp³-hybridized carbons (Fsp3) is 0.333. The largest absolute Gasteiger partial charge is 0.480 e. The Bertz CT molecular complexity index is 699. The maximum atomic E-state index is 12.5. The van der Waals surface area contributed by atoms with Gasteiger partial charge in [0.25, 0.3) is 5.91 Å². The van der Waals surface area contributed by atoms with Gasteiger partial charge in [0.05, 0.1) is 10.7 Å². The van der Waals surface area contributed by atoms with Gasteiger partial charge in [-0.25, -0.2) is 14.3 Å². The number of carbonyl (C=O) groups is 2. The summed E-state index contributed by atoms with van der Waals surface area (Å²) in [4.78, 5) is 29.2. The van der Waals surface area contributed by atoms with Crippen molar-refractivity contribution in [2.45, 2.75) is 18.9 Å². The van der Waals surface area contributed by atoms with E-state index in [4.69, 9.17) is 5.11 Å². The first-order valence-electron chi connectivity index (χ1n) is 6.10. The van der Waals surface area contributed by atoms with Crippen molar-refractivity contribution in [2.75, 3.05) is 6.54 Å². The van der Waals surface area contributed by atoms with E-state index < -0.39 is 12.0 Å². The number of amides is 1. The number of halogens is 1. The number of hydrogen-bond donors (Lipinski definition) is 1. The Morgan fingerprint density at radius 2 is 2.20 bits per heavy atom. The quantitative estimate of drug-likeness (QED) is 0.888. The summed E-state index contributed by atoms with van der Waals surface area (Å²) in [5, 5.41) is 13.2. The molecule has 1 saturated heterocycles. The number of aromatic nitrogens is 3. The maximum absolute atomic E-state index is 12.5. The van der Waals surface area contributed by atoms with Crippen LogP contribution < -0.4 is 0 Å². The highest BCUT2D eigenvalue weighted by Gasteiger charge is 2.35. The Kier molecular flexibility index (Phi) is 3.17. The van der Waals surface area contributed by atoms with Crippen molar-refractivity contribution >= 4 is 33.5 Å². The van der Waals surface area contributed by atoms with Gasteiger partial charge in [0.2, 0.25) is 0 Å². The van der Waals surface area contributed by atoms with Gasteiger partial charge in [-0.1, -0.05) is 0 Å². The van der Waals surface area contributed by atoms with Crippen LogP contribution in [-0.4, -0.2) is 49.1 Å². The van der Waals surface area contributed by atoms with E-state index in [1.807, 2.05) is 0 Å². The number of carbonyl (C=O) groups excluding carboxylic acids is 1. The molecule has 20 heavy (non-hydrogen) atoms. The van der Waals surface area contributed by atoms with Crippen LogP contribution in [0.3, 0.4) is 0 Å². The second-order valence-corrected chi connectivity index (χ2v) is 5.51. The number of rotatable bonds is 2. The first-order valence-corrected chi connectivity index (χ1v) is 6.90. The lowest BCUT2D eigenvalue weighted by atomic mass is 10.2. The lowest BCUT2D eigenvalue weighted by Crippen LogP contribution is -2.40. The molecule has 8 heteroatoms. The van der Waals surface area contributed by atoms with Crippen molar-refractivity contribution in [3.63, 3.8) is 0 Å². The summed E-state index contributed by atoms with van der Waals surface area (Å²) in [6.45, 7) is 0.448. The minimum absolute atomic E-state index is 0.325. The van der Waals surface area contributed by atoms with Gasteiger partial charge in [0.1, 0.15) is 11.6 Å². The van der Waals surface area contributed by atoms with E-state index in [-0.39, 0.29) is 5.91 Å². The summed E-state index contributed by atoms with van der Waals surface area (Å²) in [6, 6.07) is -0.757. The van der Waals surface area contributed by atoms with Crippen molar-refractivity contribution in [1.82, 2.24) is 19.5 Å². The van der Waals surface area contributed by atoms with Crippen LogP contribution >= 0.6 is 15.9 Å². The molecule has 2 aromatic heterocycles. The maximum Gasteiger partial charge on any atom is 0.326 e. The average molecular weight is 339 g/mol. The Balaban J connectivity index is 1.98. The first kappa shape index (κ1) is 13.0. The topological polar surface area (TPSA) is 87.8 Å². The van der Waals surface area contributed by atoms with Gasteiger partial charge >= 0.3 is 5.97 Å². The number of nitrogens with zero attached hydrogens (tertiary/aromatic N) is 4. The molecule has 1 N–H and O–H groups in total. The van der Waals surface area contributed by atoms with E-state index in [1.165, 1.54) is 15.6 Å². The average Bonchev–Trinajstić information content (AvgIpc) is 3.03. The molecule has 0 aliphatic carbocycles. The summed E-state index contributed by atoms with van der Waals surface area (Å²) < 4.78 is 2.24. The van der Waals surface area contributed by atoms with E-state index in [2.05, 4.69) is 26.0 Å². The fourth-order valence-corrected chi connectivity index (χ4v) is 2.72. The standard InChI is InChI=1S/C12H11BrN4O3/c13-7-4-14-10-8(5-15-17(10)6-7)11(18)16-3-1-2-9(16)12(19)20/h4-6,9H,1-3H2,(H,19,20). The highest BCUT2D eigenvalue weighted by atomic mass is 79.9. The minimum Gasteiger partial charge on any atom is -0.480 e. The van der Waals surface area contributed by atoms with Crippen molar-refractivity contribution in [3.05, 3.63) is 28.6 Å². The van der Waals surface area contributed by atoms with Crippen LogP contribution in [0.5, 0.6) is 0 Å².